The molecule has 4 N–H and O–H groups in total. The SMILES string of the molecule is C=C/C=C(\N=C(CC)Nc1ccc(C(=O)NCC2=CCC(N)=CC=C2)cc1)c1ccc(Cl)cc1. The van der Waals surface area contributed by atoms with Crippen molar-refractivity contribution in [3.8, 4) is 0 Å². The second-order valence-electron chi connectivity index (χ2n) is 7.68. The van der Waals surface area contributed by atoms with Crippen molar-refractivity contribution in [1.29, 1.82) is 0 Å². The van der Waals surface area contributed by atoms with Gasteiger partial charge in [0, 0.05) is 46.9 Å². The summed E-state index contributed by atoms with van der Waals surface area (Å²) in [6, 6.07) is 14.8. The van der Waals surface area contributed by atoms with Crippen LogP contribution in [0.5, 0.6) is 0 Å². The third kappa shape index (κ3) is 7.36. The molecule has 0 bridgehead atoms. The summed E-state index contributed by atoms with van der Waals surface area (Å²) in [5.74, 6) is 0.662. The van der Waals surface area contributed by atoms with Gasteiger partial charge in [-0.2, -0.15) is 0 Å². The lowest BCUT2D eigenvalue weighted by atomic mass is 10.1. The normalized spacial score (nSPS) is 14.1. The average molecular weight is 473 g/mol. The molecule has 2 aromatic carbocycles. The van der Waals surface area contributed by atoms with Crippen molar-refractivity contribution >= 4 is 34.7 Å². The Morgan fingerprint density at radius 2 is 1.85 bits per heavy atom. The van der Waals surface area contributed by atoms with Gasteiger partial charge >= 0.3 is 0 Å². The van der Waals surface area contributed by atoms with Gasteiger partial charge < -0.3 is 16.4 Å². The lowest BCUT2D eigenvalue weighted by Crippen LogP contribution is -2.25. The summed E-state index contributed by atoms with van der Waals surface area (Å²) in [6.07, 6.45) is 12.7. The molecule has 0 unspecified atom stereocenters. The predicted octanol–water partition coefficient (Wildman–Crippen LogP) is 6.25. The van der Waals surface area contributed by atoms with Crippen LogP contribution in [-0.4, -0.2) is 18.3 Å². The summed E-state index contributed by atoms with van der Waals surface area (Å²) >= 11 is 6.01. The monoisotopic (exact) mass is 472 g/mol. The number of aliphatic imine (C=N–C) groups is 1. The van der Waals surface area contributed by atoms with Crippen molar-refractivity contribution in [2.45, 2.75) is 19.8 Å². The molecule has 0 fully saturated rings. The zero-order valence-corrected chi connectivity index (χ0v) is 20.0. The topological polar surface area (TPSA) is 79.5 Å². The number of nitrogens with zero attached hydrogens (tertiary/aromatic N) is 1. The minimum Gasteiger partial charge on any atom is -0.402 e. The van der Waals surface area contributed by atoms with Crippen molar-refractivity contribution in [2.75, 3.05) is 11.9 Å². The summed E-state index contributed by atoms with van der Waals surface area (Å²) in [7, 11) is 0. The van der Waals surface area contributed by atoms with Gasteiger partial charge in [-0.15, -0.1) is 0 Å². The maximum Gasteiger partial charge on any atom is 0.251 e. The molecule has 1 amide bonds. The molecule has 0 heterocycles. The van der Waals surface area contributed by atoms with Gasteiger partial charge in [0.1, 0.15) is 5.84 Å². The molecule has 34 heavy (non-hydrogen) atoms. The van der Waals surface area contributed by atoms with Crippen LogP contribution in [0.2, 0.25) is 5.02 Å². The summed E-state index contributed by atoms with van der Waals surface area (Å²) in [5.41, 5.74) is 10.8. The first-order chi connectivity index (χ1) is 16.5. The van der Waals surface area contributed by atoms with Gasteiger partial charge in [-0.1, -0.05) is 61.5 Å². The van der Waals surface area contributed by atoms with E-state index in [1.807, 2.05) is 73.7 Å². The van der Waals surface area contributed by atoms with Crippen LogP contribution >= 0.6 is 11.6 Å². The quantitative estimate of drug-likeness (QED) is 0.241. The lowest BCUT2D eigenvalue weighted by Gasteiger charge is -2.11. The highest BCUT2D eigenvalue weighted by atomic mass is 35.5. The third-order valence-electron chi connectivity index (χ3n) is 5.12. The van der Waals surface area contributed by atoms with E-state index in [1.165, 1.54) is 0 Å². The number of nitrogens with one attached hydrogen (secondary N) is 2. The molecular formula is C28H29ClN4O. The van der Waals surface area contributed by atoms with Crippen molar-refractivity contribution < 1.29 is 4.79 Å². The third-order valence-corrected chi connectivity index (χ3v) is 5.37. The number of amides is 1. The highest BCUT2D eigenvalue weighted by Crippen LogP contribution is 2.20. The lowest BCUT2D eigenvalue weighted by molar-refractivity contribution is 0.0957. The molecule has 1 aliphatic rings. The van der Waals surface area contributed by atoms with E-state index >= 15 is 0 Å². The van der Waals surface area contributed by atoms with Crippen molar-refractivity contribution in [3.05, 3.63) is 119 Å². The predicted molar refractivity (Wildman–Crippen MR) is 144 cm³/mol. The molecule has 0 atom stereocenters. The molecule has 0 saturated heterocycles. The number of anilines is 1. The number of amidine groups is 1. The number of nitrogens with two attached hydrogens (primary N) is 1. The zero-order valence-electron chi connectivity index (χ0n) is 19.2. The molecule has 0 aromatic heterocycles. The van der Waals surface area contributed by atoms with Gasteiger partial charge in [0.15, 0.2) is 0 Å². The highest BCUT2D eigenvalue weighted by Gasteiger charge is 2.08. The average Bonchev–Trinajstić information content (AvgIpc) is 3.06. The maximum absolute atomic E-state index is 12.6. The fourth-order valence-electron chi connectivity index (χ4n) is 3.24. The minimum absolute atomic E-state index is 0.130. The van der Waals surface area contributed by atoms with E-state index in [1.54, 1.807) is 18.2 Å². The highest BCUT2D eigenvalue weighted by molar-refractivity contribution is 6.30. The first kappa shape index (κ1) is 24.8. The fraction of sp³-hybridized carbons (Fsp3) is 0.143. The van der Waals surface area contributed by atoms with Crippen molar-refractivity contribution in [3.63, 3.8) is 0 Å². The largest absolute Gasteiger partial charge is 0.402 e. The first-order valence-corrected chi connectivity index (χ1v) is 11.5. The van der Waals surface area contributed by atoms with E-state index in [2.05, 4.69) is 17.2 Å². The van der Waals surface area contributed by atoms with Gasteiger partial charge in [-0.05, 0) is 54.1 Å². The van der Waals surface area contributed by atoms with Crippen LogP contribution in [0.3, 0.4) is 0 Å². The first-order valence-electron chi connectivity index (χ1n) is 11.1. The number of benzene rings is 2. The molecule has 0 radical (unpaired) electrons. The summed E-state index contributed by atoms with van der Waals surface area (Å²) in [4.78, 5) is 17.3. The molecule has 0 spiro atoms. The van der Waals surface area contributed by atoms with Crippen LogP contribution in [0.1, 0.15) is 35.7 Å². The molecular weight excluding hydrogens is 444 g/mol. The number of carbonyl (C=O) groups is 1. The summed E-state index contributed by atoms with van der Waals surface area (Å²) < 4.78 is 0. The Morgan fingerprint density at radius 1 is 1.15 bits per heavy atom. The van der Waals surface area contributed by atoms with Crippen LogP contribution in [-0.2, 0) is 0 Å². The number of allylic oxidation sites excluding steroid dienone is 5. The van der Waals surface area contributed by atoms with E-state index in [4.69, 9.17) is 22.3 Å². The molecule has 6 heteroatoms. The van der Waals surface area contributed by atoms with Gasteiger partial charge in [-0.25, -0.2) is 4.99 Å². The maximum atomic E-state index is 12.6. The number of halogens is 1. The van der Waals surface area contributed by atoms with Crippen LogP contribution in [0.25, 0.3) is 5.70 Å². The van der Waals surface area contributed by atoms with Crippen LogP contribution in [0.4, 0.5) is 5.69 Å². The van der Waals surface area contributed by atoms with Gasteiger partial charge in [-0.3, -0.25) is 4.79 Å². The minimum atomic E-state index is -0.130. The van der Waals surface area contributed by atoms with Gasteiger partial charge in [0.05, 0.1) is 5.70 Å². The molecule has 174 valence electrons. The molecule has 5 nitrogen and oxygen atoms in total. The standard InChI is InChI=1S/C28H29ClN4O/c1-3-6-26(21-10-14-23(29)15-11-21)33-27(4-2)32-25-17-12-22(13-18-25)28(34)31-19-20-7-5-8-24(30)16-9-20/h3,5-15,17-18H,1,4,16,19,30H2,2H3,(H,31,34)(H,32,33)/b26-6-. The Morgan fingerprint density at radius 3 is 2.53 bits per heavy atom. The Kier molecular flexibility index (Phi) is 9.06. The van der Waals surface area contributed by atoms with E-state index < -0.39 is 0 Å². The summed E-state index contributed by atoms with van der Waals surface area (Å²) in [6.45, 7) is 6.27. The van der Waals surface area contributed by atoms with Gasteiger partial charge in [0.25, 0.3) is 5.91 Å². The van der Waals surface area contributed by atoms with Crippen LogP contribution < -0.4 is 16.4 Å². The number of carbonyl (C=O) groups excluding carboxylic acids is 1. The van der Waals surface area contributed by atoms with E-state index in [0.717, 1.165) is 34.1 Å². The number of rotatable bonds is 8. The number of hydrogen-bond donors (Lipinski definition) is 3. The molecule has 0 aliphatic heterocycles. The molecule has 2 aromatic rings. The molecule has 0 saturated carbocycles. The van der Waals surface area contributed by atoms with E-state index in [9.17, 15) is 4.79 Å². The second-order valence-corrected chi connectivity index (χ2v) is 8.11. The Hall–Kier alpha value is -3.83. The Labute approximate surface area is 206 Å². The summed E-state index contributed by atoms with van der Waals surface area (Å²) in [5, 5.41) is 6.97. The second kappa shape index (κ2) is 12.4. The van der Waals surface area contributed by atoms with Crippen molar-refractivity contribution in [2.24, 2.45) is 10.7 Å². The number of hydrogen-bond acceptors (Lipinski definition) is 3. The van der Waals surface area contributed by atoms with Crippen molar-refractivity contribution in [1.82, 2.24) is 5.32 Å². The van der Waals surface area contributed by atoms with Crippen LogP contribution in [0, 0.1) is 0 Å². The Bertz CT molecular complexity index is 1170. The molecule has 3 rings (SSSR count). The van der Waals surface area contributed by atoms with Gasteiger partial charge in [0.2, 0.25) is 0 Å². The van der Waals surface area contributed by atoms with Crippen LogP contribution in [0.15, 0.2) is 108 Å². The van der Waals surface area contributed by atoms with E-state index in [-0.39, 0.29) is 5.91 Å². The smallest absolute Gasteiger partial charge is 0.251 e. The Balaban J connectivity index is 1.65. The zero-order chi connectivity index (χ0) is 24.3. The fourth-order valence-corrected chi connectivity index (χ4v) is 3.36. The molecule has 1 aliphatic carbocycles. The van der Waals surface area contributed by atoms with E-state index in [0.29, 0.717) is 30.0 Å².